The molecule has 0 N–H and O–H groups in total. The Hall–Kier alpha value is -2.24. The highest BCUT2D eigenvalue weighted by molar-refractivity contribution is 5.44. The van der Waals surface area contributed by atoms with Gasteiger partial charge < -0.3 is 9.80 Å². The maximum atomic E-state index is 13.6. The summed E-state index contributed by atoms with van der Waals surface area (Å²) < 4.78 is 13.6. The van der Waals surface area contributed by atoms with E-state index >= 15 is 0 Å². The summed E-state index contributed by atoms with van der Waals surface area (Å²) in [6, 6.07) is 5.86. The first kappa shape index (κ1) is 11.8. The second kappa shape index (κ2) is 5.17. The molecular formula is C13H14FN5. The molecule has 5 nitrogen and oxygen atoms in total. The van der Waals surface area contributed by atoms with Crippen LogP contribution < -0.4 is 9.80 Å². The Bertz CT molecular complexity index is 540. The highest BCUT2D eigenvalue weighted by atomic mass is 19.1. The van der Waals surface area contributed by atoms with E-state index < -0.39 is 0 Å². The molecule has 2 aromatic rings. The largest absolute Gasteiger partial charge is 0.353 e. The molecule has 0 radical (unpaired) electrons. The third kappa shape index (κ3) is 2.47. The summed E-state index contributed by atoms with van der Waals surface area (Å²) in [5.74, 6) is 0.981. The smallest absolute Gasteiger partial charge is 0.183 e. The number of aromatic nitrogens is 3. The van der Waals surface area contributed by atoms with Gasteiger partial charge in [0.15, 0.2) is 11.6 Å². The van der Waals surface area contributed by atoms with Crippen LogP contribution in [0.15, 0.2) is 36.9 Å². The van der Waals surface area contributed by atoms with Gasteiger partial charge in [0.2, 0.25) is 0 Å². The second-order valence-electron chi connectivity index (χ2n) is 4.36. The van der Waals surface area contributed by atoms with E-state index in [4.69, 9.17) is 0 Å². The van der Waals surface area contributed by atoms with E-state index in [1.807, 2.05) is 23.1 Å². The minimum atomic E-state index is -0.367. The maximum absolute atomic E-state index is 13.6. The lowest BCUT2D eigenvalue weighted by atomic mass is 10.3. The number of hydrogen-bond acceptors (Lipinski definition) is 5. The number of hydrogen-bond donors (Lipinski definition) is 0. The fourth-order valence-corrected chi connectivity index (χ4v) is 2.23. The SMILES string of the molecule is Fc1cncnc1N1CCN(c2ccccn2)CC1. The highest BCUT2D eigenvalue weighted by Crippen LogP contribution is 2.18. The third-order valence-corrected chi connectivity index (χ3v) is 3.20. The average molecular weight is 259 g/mol. The van der Waals surface area contributed by atoms with E-state index in [0.29, 0.717) is 5.82 Å². The molecule has 6 heteroatoms. The summed E-state index contributed by atoms with van der Waals surface area (Å²) in [6.07, 6.45) is 4.36. The van der Waals surface area contributed by atoms with Gasteiger partial charge in [0, 0.05) is 32.4 Å². The van der Waals surface area contributed by atoms with Crippen LogP contribution in [0.1, 0.15) is 0 Å². The summed E-state index contributed by atoms with van der Waals surface area (Å²) in [5.41, 5.74) is 0. The molecule has 1 aliphatic heterocycles. The molecule has 1 saturated heterocycles. The Morgan fingerprint density at radius 3 is 2.47 bits per heavy atom. The molecule has 0 atom stereocenters. The van der Waals surface area contributed by atoms with Gasteiger partial charge in [0.05, 0.1) is 6.20 Å². The van der Waals surface area contributed by atoms with Gasteiger partial charge >= 0.3 is 0 Å². The normalized spacial score (nSPS) is 15.6. The van der Waals surface area contributed by atoms with Crippen molar-refractivity contribution >= 4 is 11.6 Å². The van der Waals surface area contributed by atoms with E-state index in [2.05, 4.69) is 19.9 Å². The van der Waals surface area contributed by atoms with Crippen LogP contribution >= 0.6 is 0 Å². The van der Waals surface area contributed by atoms with Crippen molar-refractivity contribution in [2.45, 2.75) is 0 Å². The van der Waals surface area contributed by atoms with E-state index in [1.165, 1.54) is 12.5 Å². The van der Waals surface area contributed by atoms with Crippen molar-refractivity contribution in [3.8, 4) is 0 Å². The monoisotopic (exact) mass is 259 g/mol. The lowest BCUT2D eigenvalue weighted by molar-refractivity contribution is 0.581. The van der Waals surface area contributed by atoms with Crippen molar-refractivity contribution in [3.63, 3.8) is 0 Å². The predicted molar refractivity (Wildman–Crippen MR) is 70.7 cm³/mol. The Morgan fingerprint density at radius 2 is 1.79 bits per heavy atom. The zero-order chi connectivity index (χ0) is 13.1. The molecule has 98 valence electrons. The molecule has 0 saturated carbocycles. The fraction of sp³-hybridized carbons (Fsp3) is 0.308. The number of piperazine rings is 1. The first-order valence-corrected chi connectivity index (χ1v) is 6.21. The zero-order valence-corrected chi connectivity index (χ0v) is 10.4. The van der Waals surface area contributed by atoms with Gasteiger partial charge in [-0.05, 0) is 12.1 Å². The standard InChI is InChI=1S/C13H14FN5/c14-11-9-15-10-17-13(11)19-7-5-18(6-8-19)12-3-1-2-4-16-12/h1-4,9-10H,5-8H2. The van der Waals surface area contributed by atoms with Crippen LogP contribution in [0.4, 0.5) is 16.0 Å². The number of pyridine rings is 1. The maximum Gasteiger partial charge on any atom is 0.183 e. The topological polar surface area (TPSA) is 45.2 Å². The number of rotatable bonds is 2. The predicted octanol–water partition coefficient (Wildman–Crippen LogP) is 1.34. The summed E-state index contributed by atoms with van der Waals surface area (Å²) in [5, 5.41) is 0. The van der Waals surface area contributed by atoms with Crippen molar-refractivity contribution in [1.82, 2.24) is 15.0 Å². The molecule has 0 aromatic carbocycles. The molecule has 0 aliphatic carbocycles. The minimum absolute atomic E-state index is 0.367. The Balaban J connectivity index is 1.69. The van der Waals surface area contributed by atoms with Gasteiger partial charge in [-0.25, -0.2) is 19.3 Å². The van der Waals surface area contributed by atoms with Crippen LogP contribution in [0.2, 0.25) is 0 Å². The number of nitrogens with zero attached hydrogens (tertiary/aromatic N) is 5. The van der Waals surface area contributed by atoms with Crippen LogP contribution in [-0.2, 0) is 0 Å². The van der Waals surface area contributed by atoms with Crippen molar-refractivity contribution in [2.75, 3.05) is 36.0 Å². The van der Waals surface area contributed by atoms with E-state index in [9.17, 15) is 4.39 Å². The molecule has 1 fully saturated rings. The summed E-state index contributed by atoms with van der Waals surface area (Å²) in [4.78, 5) is 16.1. The Labute approximate surface area is 110 Å². The molecule has 0 bridgehead atoms. The number of halogens is 1. The molecule has 0 amide bonds. The van der Waals surface area contributed by atoms with Gasteiger partial charge in [-0.15, -0.1) is 0 Å². The van der Waals surface area contributed by atoms with Crippen molar-refractivity contribution in [3.05, 3.63) is 42.7 Å². The van der Waals surface area contributed by atoms with Crippen LogP contribution in [0.3, 0.4) is 0 Å². The molecule has 0 unspecified atom stereocenters. The lowest BCUT2D eigenvalue weighted by Gasteiger charge is -2.35. The van der Waals surface area contributed by atoms with Gasteiger partial charge in [-0.2, -0.15) is 0 Å². The van der Waals surface area contributed by atoms with E-state index in [0.717, 1.165) is 32.0 Å². The third-order valence-electron chi connectivity index (χ3n) is 3.20. The molecule has 3 rings (SSSR count). The van der Waals surface area contributed by atoms with Gasteiger partial charge in [0.25, 0.3) is 0 Å². The quantitative estimate of drug-likeness (QED) is 0.814. The summed E-state index contributed by atoms with van der Waals surface area (Å²) in [6.45, 7) is 3.07. The van der Waals surface area contributed by atoms with Crippen LogP contribution in [0.5, 0.6) is 0 Å². The minimum Gasteiger partial charge on any atom is -0.353 e. The first-order valence-electron chi connectivity index (χ1n) is 6.21. The van der Waals surface area contributed by atoms with Crippen molar-refractivity contribution < 1.29 is 4.39 Å². The highest BCUT2D eigenvalue weighted by Gasteiger charge is 2.20. The Morgan fingerprint density at radius 1 is 1.00 bits per heavy atom. The van der Waals surface area contributed by atoms with Crippen molar-refractivity contribution in [2.24, 2.45) is 0 Å². The van der Waals surface area contributed by atoms with E-state index in [1.54, 1.807) is 6.20 Å². The molecule has 2 aromatic heterocycles. The van der Waals surface area contributed by atoms with Crippen LogP contribution in [-0.4, -0.2) is 41.1 Å². The molecular weight excluding hydrogens is 245 g/mol. The number of anilines is 2. The zero-order valence-electron chi connectivity index (χ0n) is 10.4. The molecule has 3 heterocycles. The van der Waals surface area contributed by atoms with E-state index in [-0.39, 0.29) is 5.82 Å². The molecule has 19 heavy (non-hydrogen) atoms. The van der Waals surface area contributed by atoms with Gasteiger partial charge in [0.1, 0.15) is 12.1 Å². The van der Waals surface area contributed by atoms with Crippen molar-refractivity contribution in [1.29, 1.82) is 0 Å². The second-order valence-corrected chi connectivity index (χ2v) is 4.36. The fourth-order valence-electron chi connectivity index (χ4n) is 2.23. The molecule has 1 aliphatic rings. The van der Waals surface area contributed by atoms with Crippen LogP contribution in [0, 0.1) is 5.82 Å². The lowest BCUT2D eigenvalue weighted by Crippen LogP contribution is -2.47. The summed E-state index contributed by atoms with van der Waals surface area (Å²) in [7, 11) is 0. The average Bonchev–Trinajstić information content (AvgIpc) is 2.49. The first-order chi connectivity index (χ1) is 9.34. The van der Waals surface area contributed by atoms with Gasteiger partial charge in [-0.3, -0.25) is 0 Å². The van der Waals surface area contributed by atoms with Crippen LogP contribution in [0.25, 0.3) is 0 Å². The Kier molecular flexibility index (Phi) is 3.22. The van der Waals surface area contributed by atoms with Gasteiger partial charge in [-0.1, -0.05) is 6.07 Å². The summed E-state index contributed by atoms with van der Waals surface area (Å²) >= 11 is 0. The molecule has 0 spiro atoms.